The number of rotatable bonds is 6. The molecule has 0 bridgehead atoms. The second-order valence-electron chi connectivity index (χ2n) is 4.99. The zero-order valence-electron chi connectivity index (χ0n) is 11.7. The monoisotopic (exact) mass is 265 g/mol. The maximum Gasteiger partial charge on any atom is 0.161 e. The van der Waals surface area contributed by atoms with E-state index in [9.17, 15) is 0 Å². The van der Waals surface area contributed by atoms with Crippen molar-refractivity contribution in [3.05, 3.63) is 23.8 Å². The van der Waals surface area contributed by atoms with Gasteiger partial charge in [0.2, 0.25) is 0 Å². The zero-order valence-corrected chi connectivity index (χ0v) is 11.7. The van der Waals surface area contributed by atoms with Crippen LogP contribution in [0.1, 0.15) is 31.2 Å². The van der Waals surface area contributed by atoms with Crippen LogP contribution >= 0.6 is 0 Å². The largest absolute Gasteiger partial charge is 0.493 e. The van der Waals surface area contributed by atoms with Gasteiger partial charge in [0.25, 0.3) is 0 Å². The van der Waals surface area contributed by atoms with Crippen LogP contribution in [-0.4, -0.2) is 33.0 Å². The van der Waals surface area contributed by atoms with Gasteiger partial charge in [0.05, 0.1) is 20.3 Å². The first-order valence-electron chi connectivity index (χ1n) is 6.87. The van der Waals surface area contributed by atoms with Crippen molar-refractivity contribution >= 4 is 0 Å². The van der Waals surface area contributed by atoms with Gasteiger partial charge in [0.15, 0.2) is 11.5 Å². The third-order valence-corrected chi connectivity index (χ3v) is 3.54. The van der Waals surface area contributed by atoms with E-state index < -0.39 is 0 Å². The van der Waals surface area contributed by atoms with Crippen molar-refractivity contribution in [3.8, 4) is 11.5 Å². The van der Waals surface area contributed by atoms with Crippen LogP contribution in [0, 0.1) is 0 Å². The molecule has 19 heavy (non-hydrogen) atoms. The van der Waals surface area contributed by atoms with Crippen LogP contribution in [0.2, 0.25) is 0 Å². The molecule has 2 atom stereocenters. The van der Waals surface area contributed by atoms with Crippen molar-refractivity contribution in [3.63, 3.8) is 0 Å². The van der Waals surface area contributed by atoms with Gasteiger partial charge in [-0.3, -0.25) is 0 Å². The first-order valence-corrected chi connectivity index (χ1v) is 6.87. The SMILES string of the molecule is COc1ccc(C(C)CCN)cc1OC1CCOC1. The zero-order chi connectivity index (χ0) is 13.7. The molecule has 4 nitrogen and oxygen atoms in total. The highest BCUT2D eigenvalue weighted by Gasteiger charge is 2.19. The predicted octanol–water partition coefficient (Wildman–Crippen LogP) is 2.32. The second kappa shape index (κ2) is 6.78. The Kier molecular flexibility index (Phi) is 5.05. The van der Waals surface area contributed by atoms with Gasteiger partial charge in [0.1, 0.15) is 6.10 Å². The molecule has 2 N–H and O–H groups in total. The van der Waals surface area contributed by atoms with E-state index in [-0.39, 0.29) is 6.10 Å². The Morgan fingerprint density at radius 1 is 1.42 bits per heavy atom. The molecule has 0 aromatic heterocycles. The van der Waals surface area contributed by atoms with Crippen molar-refractivity contribution in [2.75, 3.05) is 26.9 Å². The van der Waals surface area contributed by atoms with Gasteiger partial charge in [-0.25, -0.2) is 0 Å². The number of methoxy groups -OCH3 is 1. The fraction of sp³-hybridized carbons (Fsp3) is 0.600. The molecule has 1 fully saturated rings. The highest BCUT2D eigenvalue weighted by atomic mass is 16.6. The highest BCUT2D eigenvalue weighted by Crippen LogP contribution is 2.33. The summed E-state index contributed by atoms with van der Waals surface area (Å²) >= 11 is 0. The van der Waals surface area contributed by atoms with Gasteiger partial charge < -0.3 is 19.9 Å². The molecule has 1 heterocycles. The smallest absolute Gasteiger partial charge is 0.161 e. The molecule has 106 valence electrons. The topological polar surface area (TPSA) is 53.7 Å². The van der Waals surface area contributed by atoms with Crippen molar-refractivity contribution in [1.29, 1.82) is 0 Å². The summed E-state index contributed by atoms with van der Waals surface area (Å²) in [5.74, 6) is 2.01. The van der Waals surface area contributed by atoms with Crippen LogP contribution in [-0.2, 0) is 4.74 Å². The van der Waals surface area contributed by atoms with Crippen LogP contribution in [0.3, 0.4) is 0 Å². The fourth-order valence-corrected chi connectivity index (χ4v) is 2.29. The molecule has 0 amide bonds. The van der Waals surface area contributed by atoms with Crippen LogP contribution < -0.4 is 15.2 Å². The molecule has 0 saturated carbocycles. The lowest BCUT2D eigenvalue weighted by atomic mass is 9.97. The third kappa shape index (κ3) is 3.61. The van der Waals surface area contributed by atoms with Crippen molar-refractivity contribution < 1.29 is 14.2 Å². The summed E-state index contributed by atoms with van der Waals surface area (Å²) < 4.78 is 16.7. The van der Waals surface area contributed by atoms with Gasteiger partial charge in [0, 0.05) is 6.42 Å². The minimum Gasteiger partial charge on any atom is -0.493 e. The first-order chi connectivity index (χ1) is 9.24. The lowest BCUT2D eigenvalue weighted by Crippen LogP contribution is -2.16. The normalized spacial score (nSPS) is 20.3. The van der Waals surface area contributed by atoms with Crippen molar-refractivity contribution in [1.82, 2.24) is 0 Å². The summed E-state index contributed by atoms with van der Waals surface area (Å²) in [6.07, 6.45) is 2.04. The summed E-state index contributed by atoms with van der Waals surface area (Å²) in [6.45, 7) is 4.30. The minimum atomic E-state index is 0.133. The number of benzene rings is 1. The Bertz CT molecular complexity index is 402. The Morgan fingerprint density at radius 3 is 2.89 bits per heavy atom. The maximum absolute atomic E-state index is 5.99. The number of hydrogen-bond donors (Lipinski definition) is 1. The minimum absolute atomic E-state index is 0.133. The lowest BCUT2D eigenvalue weighted by molar-refractivity contribution is 0.138. The molecule has 1 aliphatic rings. The quantitative estimate of drug-likeness (QED) is 0.857. The number of nitrogens with two attached hydrogens (primary N) is 1. The van der Waals surface area contributed by atoms with Crippen molar-refractivity contribution in [2.45, 2.75) is 31.8 Å². The molecular weight excluding hydrogens is 242 g/mol. The lowest BCUT2D eigenvalue weighted by Gasteiger charge is -2.18. The molecule has 2 unspecified atom stereocenters. The molecule has 0 spiro atoms. The molecule has 1 saturated heterocycles. The van der Waals surface area contributed by atoms with E-state index >= 15 is 0 Å². The molecular formula is C15H23NO3. The summed E-state index contributed by atoms with van der Waals surface area (Å²) in [4.78, 5) is 0. The van der Waals surface area contributed by atoms with E-state index in [1.54, 1.807) is 7.11 Å². The third-order valence-electron chi connectivity index (χ3n) is 3.54. The van der Waals surface area contributed by atoms with E-state index in [1.807, 2.05) is 6.07 Å². The summed E-state index contributed by atoms with van der Waals surface area (Å²) in [7, 11) is 1.66. The maximum atomic E-state index is 5.99. The Labute approximate surface area is 114 Å². The summed E-state index contributed by atoms with van der Waals surface area (Å²) in [5, 5.41) is 0. The van der Waals surface area contributed by atoms with E-state index in [0.29, 0.717) is 19.1 Å². The Hall–Kier alpha value is -1.26. The Balaban J connectivity index is 2.15. The molecule has 4 heteroatoms. The van der Waals surface area contributed by atoms with E-state index in [4.69, 9.17) is 19.9 Å². The molecule has 1 aromatic rings. The summed E-state index contributed by atoms with van der Waals surface area (Å²) in [5.41, 5.74) is 6.86. The first kappa shape index (κ1) is 14.2. The van der Waals surface area contributed by atoms with E-state index in [0.717, 1.165) is 30.9 Å². The van der Waals surface area contributed by atoms with E-state index in [1.165, 1.54) is 5.56 Å². The van der Waals surface area contributed by atoms with Crippen LogP contribution in [0.5, 0.6) is 11.5 Å². The average molecular weight is 265 g/mol. The van der Waals surface area contributed by atoms with Crippen molar-refractivity contribution in [2.24, 2.45) is 5.73 Å². The number of hydrogen-bond acceptors (Lipinski definition) is 4. The van der Waals surface area contributed by atoms with Gasteiger partial charge in [-0.1, -0.05) is 13.0 Å². The van der Waals surface area contributed by atoms with Crippen LogP contribution in [0.4, 0.5) is 0 Å². The van der Waals surface area contributed by atoms with Crippen LogP contribution in [0.25, 0.3) is 0 Å². The average Bonchev–Trinajstić information content (AvgIpc) is 2.92. The predicted molar refractivity (Wildman–Crippen MR) is 74.9 cm³/mol. The Morgan fingerprint density at radius 2 is 2.26 bits per heavy atom. The summed E-state index contributed by atoms with van der Waals surface area (Å²) in [6, 6.07) is 6.11. The van der Waals surface area contributed by atoms with Gasteiger partial charge in [-0.05, 0) is 36.6 Å². The van der Waals surface area contributed by atoms with Gasteiger partial charge in [-0.15, -0.1) is 0 Å². The van der Waals surface area contributed by atoms with E-state index in [2.05, 4.69) is 19.1 Å². The van der Waals surface area contributed by atoms with Gasteiger partial charge >= 0.3 is 0 Å². The van der Waals surface area contributed by atoms with Crippen LogP contribution in [0.15, 0.2) is 18.2 Å². The molecule has 1 aliphatic heterocycles. The van der Waals surface area contributed by atoms with Gasteiger partial charge in [-0.2, -0.15) is 0 Å². The molecule has 1 aromatic carbocycles. The second-order valence-corrected chi connectivity index (χ2v) is 4.99. The fourth-order valence-electron chi connectivity index (χ4n) is 2.29. The molecule has 0 radical (unpaired) electrons. The standard InChI is InChI=1S/C15H23NO3/c1-11(5-7-16)12-3-4-14(17-2)15(9-12)19-13-6-8-18-10-13/h3-4,9,11,13H,5-8,10,16H2,1-2H3. The molecule has 2 rings (SSSR count). The number of ether oxygens (including phenoxy) is 3. The highest BCUT2D eigenvalue weighted by molar-refractivity contribution is 5.44. The molecule has 0 aliphatic carbocycles.